The first-order chi connectivity index (χ1) is 27.6. The molecule has 0 saturated heterocycles. The van der Waals surface area contributed by atoms with Crippen molar-refractivity contribution in [2.24, 2.45) is 0 Å². The molecule has 0 aliphatic heterocycles. The van der Waals surface area contributed by atoms with Crippen molar-refractivity contribution in [3.8, 4) is 0 Å². The van der Waals surface area contributed by atoms with Crippen LogP contribution in [0.15, 0.2) is 158 Å². The molecule has 0 bridgehead atoms. The van der Waals surface area contributed by atoms with E-state index in [1.807, 2.05) is 170 Å². The molecule has 0 radical (unpaired) electrons. The molecule has 6 aromatic carbocycles. The van der Waals surface area contributed by atoms with Crippen molar-refractivity contribution in [3.05, 3.63) is 181 Å². The minimum absolute atomic E-state index is 0. The summed E-state index contributed by atoms with van der Waals surface area (Å²) in [6, 6.07) is 57.1. The number of benzene rings is 6. The van der Waals surface area contributed by atoms with E-state index in [9.17, 15) is 0 Å². The SMILES string of the molecule is [Na+].[Na+].[c-]1cc(Nc2nc(Nc3ccccc3)nc(Nc3ccccc3)n2)ccc1C=Cc1[c-]cc(Nc2nc(Nc3ccccc3)nc(Nc3ccccc3)n2)cc1. The quantitative estimate of drug-likeness (QED) is 0.0532. The first-order valence-electron chi connectivity index (χ1n) is 17.7. The van der Waals surface area contributed by atoms with Gasteiger partial charge in [0.15, 0.2) is 0 Å². The number of para-hydroxylation sites is 4. The summed E-state index contributed by atoms with van der Waals surface area (Å²) in [6.07, 6.45) is 3.95. The summed E-state index contributed by atoms with van der Waals surface area (Å²) in [5.41, 5.74) is 6.78. The van der Waals surface area contributed by atoms with Crippen molar-refractivity contribution >= 4 is 82.0 Å². The first kappa shape index (κ1) is 41.5. The fourth-order valence-electron chi connectivity index (χ4n) is 5.36. The van der Waals surface area contributed by atoms with Gasteiger partial charge in [-0.25, -0.2) is 0 Å². The molecule has 58 heavy (non-hydrogen) atoms. The summed E-state index contributed by atoms with van der Waals surface area (Å²) in [4.78, 5) is 27.5. The van der Waals surface area contributed by atoms with Gasteiger partial charge in [0.1, 0.15) is 0 Å². The molecule has 0 amide bonds. The molecule has 0 aliphatic rings. The molecule has 0 fully saturated rings. The maximum atomic E-state index is 4.60. The minimum atomic E-state index is 0. The molecule has 6 N–H and O–H groups in total. The number of nitrogens with one attached hydrogen (secondary N) is 6. The minimum Gasteiger partial charge on any atom is -0.364 e. The Hall–Kier alpha value is -6.12. The van der Waals surface area contributed by atoms with Gasteiger partial charge in [-0.05, 0) is 59.9 Å². The van der Waals surface area contributed by atoms with Crippen molar-refractivity contribution < 1.29 is 59.1 Å². The van der Waals surface area contributed by atoms with Crippen LogP contribution in [0.1, 0.15) is 11.1 Å². The van der Waals surface area contributed by atoms with Gasteiger partial charge in [-0.15, -0.1) is 48.5 Å². The van der Waals surface area contributed by atoms with Crippen molar-refractivity contribution in [1.82, 2.24) is 29.9 Å². The Morgan fingerprint density at radius 3 is 0.759 bits per heavy atom. The third-order valence-electron chi connectivity index (χ3n) is 8.02. The van der Waals surface area contributed by atoms with Crippen molar-refractivity contribution in [2.45, 2.75) is 0 Å². The molecule has 2 heterocycles. The van der Waals surface area contributed by atoms with Gasteiger partial charge >= 0.3 is 59.1 Å². The predicted molar refractivity (Wildman–Crippen MR) is 225 cm³/mol. The van der Waals surface area contributed by atoms with Crippen LogP contribution in [0.25, 0.3) is 12.2 Å². The van der Waals surface area contributed by atoms with Gasteiger partial charge in [-0.2, -0.15) is 53.2 Å². The summed E-state index contributed by atoms with van der Waals surface area (Å²) in [5.74, 6) is 2.35. The summed E-state index contributed by atoms with van der Waals surface area (Å²) < 4.78 is 0. The largest absolute Gasteiger partial charge is 1.00 e. The van der Waals surface area contributed by atoms with Crippen molar-refractivity contribution in [1.29, 1.82) is 0 Å². The van der Waals surface area contributed by atoms with Crippen LogP contribution in [0, 0.1) is 12.1 Å². The first-order valence-corrected chi connectivity index (χ1v) is 17.7. The van der Waals surface area contributed by atoms with E-state index >= 15 is 0 Å². The van der Waals surface area contributed by atoms with Gasteiger partial charge in [-0.1, -0.05) is 72.8 Å². The van der Waals surface area contributed by atoms with E-state index in [0.717, 1.165) is 45.3 Å². The molecule has 8 rings (SSSR count). The third kappa shape index (κ3) is 12.2. The number of anilines is 12. The Balaban J connectivity index is 0.00000283. The fraction of sp³-hybridized carbons (Fsp3) is 0. The zero-order valence-electron chi connectivity index (χ0n) is 31.8. The third-order valence-corrected chi connectivity index (χ3v) is 8.02. The van der Waals surface area contributed by atoms with Gasteiger partial charge in [0.2, 0.25) is 35.7 Å². The number of hydrogen-bond acceptors (Lipinski definition) is 12. The predicted octanol–water partition coefficient (Wildman–Crippen LogP) is 4.30. The Morgan fingerprint density at radius 2 is 0.534 bits per heavy atom. The second-order valence-corrected chi connectivity index (χ2v) is 12.2. The fourth-order valence-corrected chi connectivity index (χ4v) is 5.36. The Morgan fingerprint density at radius 1 is 0.293 bits per heavy atom. The smallest absolute Gasteiger partial charge is 0.364 e. The molecular weight excluding hydrogens is 743 g/mol. The van der Waals surface area contributed by atoms with E-state index in [1.54, 1.807) is 0 Å². The average Bonchev–Trinajstić information content (AvgIpc) is 3.22. The van der Waals surface area contributed by atoms with Crippen LogP contribution >= 0.6 is 0 Å². The van der Waals surface area contributed by atoms with Crippen LogP contribution in [0.5, 0.6) is 0 Å². The standard InChI is InChI=1S/C44H34N12.2Na/c1-5-13-33(14-6-1)45-39-51-40(46-34-15-7-2-8-16-34)54-43(53-39)49-37-27-23-31(24-28-37)21-22-32-25-29-38(30-26-32)50-44-55-41(47-35-17-9-3-10-18-35)52-42(56-44)48-36-19-11-4-12-20-36;;/h1-23,25,27-30H,(H3,45,46,49,51,53,54)(H3,47,48,50,52,55,56);;/q-2;2*+1. The van der Waals surface area contributed by atoms with Gasteiger partial charge in [0, 0.05) is 22.7 Å². The van der Waals surface area contributed by atoms with E-state index < -0.39 is 0 Å². The molecule has 0 saturated carbocycles. The maximum Gasteiger partial charge on any atom is 1.00 e. The van der Waals surface area contributed by atoms with E-state index in [1.165, 1.54) is 0 Å². The zero-order valence-corrected chi connectivity index (χ0v) is 35.8. The molecule has 14 heteroatoms. The molecule has 8 aromatic rings. The number of nitrogens with zero attached hydrogens (tertiary/aromatic N) is 6. The average molecular weight is 777 g/mol. The second-order valence-electron chi connectivity index (χ2n) is 12.2. The van der Waals surface area contributed by atoms with Crippen LogP contribution in [-0.4, -0.2) is 29.9 Å². The Kier molecular flexibility index (Phi) is 14.9. The van der Waals surface area contributed by atoms with Crippen molar-refractivity contribution in [2.75, 3.05) is 31.9 Å². The van der Waals surface area contributed by atoms with Crippen LogP contribution in [-0.2, 0) is 0 Å². The summed E-state index contributed by atoms with van der Waals surface area (Å²) in [5, 5.41) is 19.6. The molecule has 0 atom stereocenters. The second kappa shape index (κ2) is 20.9. The van der Waals surface area contributed by atoms with Crippen LogP contribution in [0.4, 0.5) is 69.8 Å². The van der Waals surface area contributed by atoms with E-state index in [0.29, 0.717) is 35.7 Å². The Labute approximate surface area is 380 Å². The van der Waals surface area contributed by atoms with Gasteiger partial charge < -0.3 is 31.9 Å². The molecule has 272 valence electrons. The number of rotatable bonds is 14. The van der Waals surface area contributed by atoms with Crippen LogP contribution < -0.4 is 91.0 Å². The molecular formula is C44H34N12Na2. The number of aromatic nitrogens is 6. The normalized spacial score (nSPS) is 10.4. The molecule has 12 nitrogen and oxygen atoms in total. The summed E-state index contributed by atoms with van der Waals surface area (Å²) >= 11 is 0. The number of hydrogen-bond donors (Lipinski definition) is 6. The summed E-state index contributed by atoms with van der Waals surface area (Å²) in [7, 11) is 0. The van der Waals surface area contributed by atoms with Crippen molar-refractivity contribution in [3.63, 3.8) is 0 Å². The van der Waals surface area contributed by atoms with Gasteiger partial charge in [-0.3, -0.25) is 0 Å². The molecule has 0 aliphatic carbocycles. The zero-order chi connectivity index (χ0) is 37.8. The maximum absolute atomic E-state index is 4.60. The van der Waals surface area contributed by atoms with E-state index in [2.05, 4.69) is 73.9 Å². The van der Waals surface area contributed by atoms with Crippen LogP contribution in [0.3, 0.4) is 0 Å². The van der Waals surface area contributed by atoms with Gasteiger partial charge in [0.05, 0.1) is 0 Å². The molecule has 0 unspecified atom stereocenters. The monoisotopic (exact) mass is 776 g/mol. The molecule has 0 spiro atoms. The van der Waals surface area contributed by atoms with Crippen LogP contribution in [0.2, 0.25) is 0 Å². The van der Waals surface area contributed by atoms with E-state index in [-0.39, 0.29) is 59.1 Å². The van der Waals surface area contributed by atoms with Gasteiger partial charge in [0.25, 0.3) is 0 Å². The molecule has 2 aromatic heterocycles. The topological polar surface area (TPSA) is 150 Å². The van der Waals surface area contributed by atoms with E-state index in [4.69, 9.17) is 0 Å². The Bertz CT molecular complexity index is 2220. The summed E-state index contributed by atoms with van der Waals surface area (Å²) in [6.45, 7) is 0.